The van der Waals surface area contributed by atoms with Crippen molar-refractivity contribution in [3.8, 4) is 0 Å². The maximum Gasteiger partial charge on any atom is 0.235 e. The minimum atomic E-state index is -0.687. The predicted octanol–water partition coefficient (Wildman–Crippen LogP) is 0.870. The van der Waals surface area contributed by atoms with Crippen molar-refractivity contribution in [2.75, 3.05) is 46.9 Å². The monoisotopic (exact) mass is 313 g/mol. The van der Waals surface area contributed by atoms with Crippen LogP contribution >= 0.6 is 12.2 Å². The molecule has 0 aromatic heterocycles. The van der Waals surface area contributed by atoms with E-state index in [2.05, 4.69) is 11.9 Å². The average molecular weight is 313 g/mol. The van der Waals surface area contributed by atoms with E-state index >= 15 is 0 Å². The molecule has 0 bridgehead atoms. The Bertz CT molecular complexity index is 388. The lowest BCUT2D eigenvalue weighted by Crippen LogP contribution is -2.53. The SMILES string of the molecule is CN1CCC(CN(C)C(=O)C2(C(N)=S)CCOCC2)CC1. The number of likely N-dealkylation sites (tertiary alicyclic amines) is 1. The van der Waals surface area contributed by atoms with E-state index in [-0.39, 0.29) is 5.91 Å². The fourth-order valence-corrected chi connectivity index (χ4v) is 3.66. The van der Waals surface area contributed by atoms with Crippen LogP contribution in [0.15, 0.2) is 0 Å². The zero-order valence-corrected chi connectivity index (χ0v) is 14.0. The molecule has 1 amide bonds. The van der Waals surface area contributed by atoms with Gasteiger partial charge in [0.15, 0.2) is 0 Å². The molecule has 0 spiro atoms. The third-order valence-corrected chi connectivity index (χ3v) is 5.34. The number of carbonyl (C=O) groups is 1. The van der Waals surface area contributed by atoms with Crippen molar-refractivity contribution in [1.82, 2.24) is 9.80 Å². The van der Waals surface area contributed by atoms with Crippen LogP contribution in [0.4, 0.5) is 0 Å². The van der Waals surface area contributed by atoms with Gasteiger partial charge in [0.1, 0.15) is 5.41 Å². The van der Waals surface area contributed by atoms with Gasteiger partial charge in [-0.2, -0.15) is 0 Å². The number of piperidine rings is 1. The normalized spacial score (nSPS) is 23.7. The molecule has 0 radical (unpaired) electrons. The van der Waals surface area contributed by atoms with Crippen LogP contribution in [0.5, 0.6) is 0 Å². The van der Waals surface area contributed by atoms with Crippen molar-refractivity contribution in [1.29, 1.82) is 0 Å². The van der Waals surface area contributed by atoms with Gasteiger partial charge in [-0.15, -0.1) is 0 Å². The molecule has 0 aromatic carbocycles. The van der Waals surface area contributed by atoms with Crippen molar-refractivity contribution >= 4 is 23.1 Å². The van der Waals surface area contributed by atoms with Gasteiger partial charge in [0.05, 0.1) is 4.99 Å². The van der Waals surface area contributed by atoms with E-state index in [1.54, 1.807) is 0 Å². The number of nitrogens with zero attached hydrogens (tertiary/aromatic N) is 2. The van der Waals surface area contributed by atoms with Crippen molar-refractivity contribution in [3.63, 3.8) is 0 Å². The average Bonchev–Trinajstić information content (AvgIpc) is 2.49. The van der Waals surface area contributed by atoms with Crippen molar-refractivity contribution in [3.05, 3.63) is 0 Å². The van der Waals surface area contributed by atoms with E-state index in [9.17, 15) is 4.79 Å². The van der Waals surface area contributed by atoms with E-state index in [4.69, 9.17) is 22.7 Å². The van der Waals surface area contributed by atoms with Crippen molar-refractivity contribution in [2.24, 2.45) is 17.1 Å². The zero-order chi connectivity index (χ0) is 15.5. The number of ether oxygens (including phenoxy) is 1. The maximum atomic E-state index is 12.9. The zero-order valence-electron chi connectivity index (χ0n) is 13.1. The summed E-state index contributed by atoms with van der Waals surface area (Å²) >= 11 is 5.21. The lowest BCUT2D eigenvalue weighted by atomic mass is 9.78. The van der Waals surface area contributed by atoms with Gasteiger partial charge in [-0.3, -0.25) is 4.79 Å². The van der Waals surface area contributed by atoms with E-state index in [0.29, 0.717) is 37.0 Å². The van der Waals surface area contributed by atoms with E-state index < -0.39 is 5.41 Å². The van der Waals surface area contributed by atoms with Crippen molar-refractivity contribution < 1.29 is 9.53 Å². The molecule has 21 heavy (non-hydrogen) atoms. The van der Waals surface area contributed by atoms with E-state index in [1.807, 2.05) is 11.9 Å². The first-order valence-corrected chi connectivity index (χ1v) is 8.18. The Balaban J connectivity index is 1.98. The van der Waals surface area contributed by atoms with Crippen LogP contribution in [0.2, 0.25) is 0 Å². The van der Waals surface area contributed by atoms with Crippen LogP contribution in [0.25, 0.3) is 0 Å². The molecule has 0 saturated carbocycles. The molecule has 6 heteroatoms. The van der Waals surface area contributed by atoms with Gasteiger partial charge < -0.3 is 20.3 Å². The minimum absolute atomic E-state index is 0.0808. The van der Waals surface area contributed by atoms with Crippen LogP contribution in [0.3, 0.4) is 0 Å². The molecular formula is C15H27N3O2S. The molecule has 0 unspecified atom stereocenters. The van der Waals surface area contributed by atoms with Crippen LogP contribution in [-0.2, 0) is 9.53 Å². The first-order chi connectivity index (χ1) is 9.95. The van der Waals surface area contributed by atoms with Gasteiger partial charge in [-0.05, 0) is 51.7 Å². The summed E-state index contributed by atoms with van der Waals surface area (Å²) in [4.78, 5) is 17.4. The number of carbonyl (C=O) groups excluding carboxylic acids is 1. The van der Waals surface area contributed by atoms with Gasteiger partial charge in [-0.1, -0.05) is 12.2 Å². The van der Waals surface area contributed by atoms with Gasteiger partial charge >= 0.3 is 0 Å². The Morgan fingerprint density at radius 1 is 1.38 bits per heavy atom. The highest BCUT2D eigenvalue weighted by Gasteiger charge is 2.44. The highest BCUT2D eigenvalue weighted by molar-refractivity contribution is 7.80. The van der Waals surface area contributed by atoms with Crippen LogP contribution < -0.4 is 5.73 Å². The number of rotatable bonds is 4. The van der Waals surface area contributed by atoms with Gasteiger partial charge in [0.2, 0.25) is 5.91 Å². The lowest BCUT2D eigenvalue weighted by Gasteiger charge is -2.39. The first kappa shape index (κ1) is 16.6. The summed E-state index contributed by atoms with van der Waals surface area (Å²) in [6, 6.07) is 0. The molecule has 2 aliphatic heterocycles. The summed E-state index contributed by atoms with van der Waals surface area (Å²) in [6.45, 7) is 4.15. The molecule has 2 saturated heterocycles. The van der Waals surface area contributed by atoms with Gasteiger partial charge in [0, 0.05) is 26.8 Å². The standard InChI is InChI=1S/C15H27N3O2S/c1-17-7-3-12(4-8-17)11-18(2)14(19)15(13(16)21)5-9-20-10-6-15/h12H,3-11H2,1-2H3,(H2,16,21). The Morgan fingerprint density at radius 3 is 2.48 bits per heavy atom. The maximum absolute atomic E-state index is 12.9. The van der Waals surface area contributed by atoms with Gasteiger partial charge in [0.25, 0.3) is 0 Å². The molecule has 2 fully saturated rings. The molecule has 0 aliphatic carbocycles. The first-order valence-electron chi connectivity index (χ1n) is 7.77. The molecule has 0 atom stereocenters. The van der Waals surface area contributed by atoms with Gasteiger partial charge in [-0.25, -0.2) is 0 Å². The molecule has 2 aliphatic rings. The van der Waals surface area contributed by atoms with E-state index in [0.717, 1.165) is 32.5 Å². The van der Waals surface area contributed by atoms with Crippen LogP contribution in [0.1, 0.15) is 25.7 Å². The minimum Gasteiger partial charge on any atom is -0.392 e. The molecule has 2 rings (SSSR count). The number of amides is 1. The predicted molar refractivity (Wildman–Crippen MR) is 87.1 cm³/mol. The van der Waals surface area contributed by atoms with Crippen LogP contribution in [-0.4, -0.2) is 67.6 Å². The highest BCUT2D eigenvalue weighted by atomic mass is 32.1. The second-order valence-electron chi connectivity index (χ2n) is 6.49. The summed E-state index contributed by atoms with van der Waals surface area (Å²) < 4.78 is 5.38. The van der Waals surface area contributed by atoms with Crippen molar-refractivity contribution in [2.45, 2.75) is 25.7 Å². The smallest absolute Gasteiger partial charge is 0.235 e. The fraction of sp³-hybridized carbons (Fsp3) is 0.867. The summed E-state index contributed by atoms with van der Waals surface area (Å²) in [6.07, 6.45) is 3.52. The summed E-state index contributed by atoms with van der Waals surface area (Å²) in [5.74, 6) is 0.663. The number of hydrogen-bond acceptors (Lipinski definition) is 4. The summed E-state index contributed by atoms with van der Waals surface area (Å²) in [5.41, 5.74) is 5.23. The summed E-state index contributed by atoms with van der Waals surface area (Å²) in [7, 11) is 4.03. The molecule has 0 aromatic rings. The number of nitrogens with two attached hydrogens (primary N) is 1. The third-order valence-electron chi connectivity index (χ3n) is 4.94. The lowest BCUT2D eigenvalue weighted by molar-refractivity contribution is -0.141. The number of hydrogen-bond donors (Lipinski definition) is 1. The number of thiocarbonyl (C=S) groups is 1. The third kappa shape index (κ3) is 3.73. The Labute approximate surface area is 132 Å². The molecule has 2 N–H and O–H groups in total. The van der Waals surface area contributed by atoms with Crippen LogP contribution in [0, 0.1) is 11.3 Å². The second-order valence-corrected chi connectivity index (χ2v) is 6.93. The molecule has 2 heterocycles. The largest absolute Gasteiger partial charge is 0.392 e. The topological polar surface area (TPSA) is 58.8 Å². The Kier molecular flexibility index (Phi) is 5.57. The highest BCUT2D eigenvalue weighted by Crippen LogP contribution is 2.33. The van der Waals surface area contributed by atoms with E-state index in [1.165, 1.54) is 0 Å². The molecule has 5 nitrogen and oxygen atoms in total. The Hall–Kier alpha value is -0.720. The summed E-state index contributed by atoms with van der Waals surface area (Å²) in [5, 5.41) is 0. The fourth-order valence-electron chi connectivity index (χ4n) is 3.37. The molecular weight excluding hydrogens is 286 g/mol. The molecule has 120 valence electrons. The second kappa shape index (κ2) is 7.03. The Morgan fingerprint density at radius 2 is 1.95 bits per heavy atom. The quantitative estimate of drug-likeness (QED) is 0.781.